The van der Waals surface area contributed by atoms with Gasteiger partial charge in [0, 0.05) is 24.8 Å². The molecule has 0 aliphatic carbocycles. The summed E-state index contributed by atoms with van der Waals surface area (Å²) in [7, 11) is 0. The van der Waals surface area contributed by atoms with Crippen molar-refractivity contribution in [2.75, 3.05) is 31.1 Å². The summed E-state index contributed by atoms with van der Waals surface area (Å²) >= 11 is 0.685. The van der Waals surface area contributed by atoms with Gasteiger partial charge in [-0.25, -0.2) is 0 Å². The lowest BCUT2D eigenvalue weighted by Gasteiger charge is -2.22. The molecule has 152 valence electrons. The van der Waals surface area contributed by atoms with Gasteiger partial charge in [-0.3, -0.25) is 14.9 Å². The number of rotatable bonds is 6. The number of nitrogens with one attached hydrogen (secondary N) is 2. The molecule has 3 rings (SSSR count). The van der Waals surface area contributed by atoms with Crippen LogP contribution in [-0.4, -0.2) is 43.4 Å². The second kappa shape index (κ2) is 8.54. The maximum atomic E-state index is 13.2. The lowest BCUT2D eigenvalue weighted by molar-refractivity contribution is -0.137. The van der Waals surface area contributed by atoms with Crippen LogP contribution in [0.3, 0.4) is 0 Å². The van der Waals surface area contributed by atoms with Crippen LogP contribution in [0, 0.1) is 0 Å². The van der Waals surface area contributed by atoms with Gasteiger partial charge in [-0.05, 0) is 67.5 Å². The molecule has 2 heterocycles. The Bertz CT molecular complexity index is 798. The fourth-order valence-electron chi connectivity index (χ4n) is 3.25. The molecule has 0 radical (unpaired) electrons. The van der Waals surface area contributed by atoms with Gasteiger partial charge in [0.2, 0.25) is 0 Å². The topological polar surface area (TPSA) is 87.5 Å². The van der Waals surface area contributed by atoms with E-state index in [-0.39, 0.29) is 16.5 Å². The van der Waals surface area contributed by atoms with Gasteiger partial charge < -0.3 is 16.0 Å². The number of nitrogens with two attached hydrogens (primary N) is 1. The van der Waals surface area contributed by atoms with Gasteiger partial charge in [0.25, 0.3) is 11.1 Å². The summed E-state index contributed by atoms with van der Waals surface area (Å²) in [6.45, 7) is 2.71. The Kier molecular flexibility index (Phi) is 6.31. The molecule has 0 aromatic heterocycles. The number of hydrogen-bond donors (Lipinski definition) is 3. The second-order valence-corrected chi connectivity index (χ2v) is 7.67. The fourth-order valence-corrected chi connectivity index (χ4v) is 3.92. The Hall–Kier alpha value is -2.04. The van der Waals surface area contributed by atoms with E-state index in [1.54, 1.807) is 0 Å². The van der Waals surface area contributed by atoms with E-state index >= 15 is 0 Å². The summed E-state index contributed by atoms with van der Waals surface area (Å²) < 4.78 is 39.5. The van der Waals surface area contributed by atoms with Crippen LogP contribution in [0.1, 0.15) is 24.0 Å². The largest absolute Gasteiger partial charge is 0.416 e. The van der Waals surface area contributed by atoms with E-state index in [9.17, 15) is 22.8 Å². The van der Waals surface area contributed by atoms with Crippen molar-refractivity contribution in [3.05, 3.63) is 34.2 Å². The molecule has 2 aliphatic rings. The van der Waals surface area contributed by atoms with Crippen LogP contribution in [0.2, 0.25) is 0 Å². The number of nitrogens with zero attached hydrogens (tertiary/aromatic N) is 1. The van der Waals surface area contributed by atoms with Crippen molar-refractivity contribution in [3.63, 3.8) is 0 Å². The van der Waals surface area contributed by atoms with E-state index in [0.29, 0.717) is 37.1 Å². The van der Waals surface area contributed by atoms with Crippen molar-refractivity contribution in [1.82, 2.24) is 10.6 Å². The average molecular weight is 414 g/mol. The van der Waals surface area contributed by atoms with E-state index in [1.165, 1.54) is 12.1 Å². The molecule has 1 aromatic rings. The fraction of sp³-hybridized carbons (Fsp3) is 0.444. The van der Waals surface area contributed by atoms with E-state index in [4.69, 9.17) is 5.73 Å². The molecule has 2 fully saturated rings. The number of amides is 2. The highest BCUT2D eigenvalue weighted by Gasteiger charge is 2.33. The quantitative estimate of drug-likeness (QED) is 0.490. The summed E-state index contributed by atoms with van der Waals surface area (Å²) in [5.41, 5.74) is 5.57. The first-order valence-electron chi connectivity index (χ1n) is 8.92. The van der Waals surface area contributed by atoms with E-state index in [2.05, 4.69) is 10.6 Å². The average Bonchev–Trinajstić information content (AvgIpc) is 3.21. The normalized spacial score (nSPS) is 21.6. The summed E-state index contributed by atoms with van der Waals surface area (Å²) in [6, 6.07) is 3.71. The first-order chi connectivity index (χ1) is 13.3. The number of alkyl halides is 3. The molecule has 1 unspecified atom stereocenters. The minimum absolute atomic E-state index is 0.0855. The smallest absolute Gasteiger partial charge is 0.369 e. The number of anilines is 1. The third-order valence-electron chi connectivity index (χ3n) is 4.63. The standard InChI is InChI=1S/C18H21F3N4O2S/c19-18(20,21)12-2-3-14(25-7-4-13(10-25)23-6-1-5-22)11(8-12)9-15-16(26)24-17(27)28-15/h2-3,8-9,13,23H,1,4-7,10,22H2,(H,24,26,27)/b15-9-. The van der Waals surface area contributed by atoms with E-state index < -0.39 is 22.9 Å². The highest BCUT2D eigenvalue weighted by Crippen LogP contribution is 2.36. The SMILES string of the molecule is NCCCNC1CCN(c2ccc(C(F)(F)F)cc2/C=C2\SC(=O)NC2=O)C1. The lowest BCUT2D eigenvalue weighted by Crippen LogP contribution is -2.34. The molecule has 0 saturated carbocycles. The summed E-state index contributed by atoms with van der Waals surface area (Å²) in [6.07, 6.45) is -1.43. The zero-order valence-corrected chi connectivity index (χ0v) is 15.8. The van der Waals surface area contributed by atoms with Crippen molar-refractivity contribution < 1.29 is 22.8 Å². The molecule has 1 aromatic carbocycles. The number of halogens is 3. The molecule has 2 amide bonds. The van der Waals surface area contributed by atoms with E-state index in [0.717, 1.165) is 31.5 Å². The lowest BCUT2D eigenvalue weighted by atomic mass is 10.1. The Labute approximate surface area is 164 Å². The number of carbonyl (C=O) groups is 2. The number of benzene rings is 1. The first kappa shape index (κ1) is 20.7. The Morgan fingerprint density at radius 1 is 1.36 bits per heavy atom. The minimum Gasteiger partial charge on any atom is -0.369 e. The molecule has 2 aliphatic heterocycles. The van der Waals surface area contributed by atoms with Crippen molar-refractivity contribution in [1.29, 1.82) is 0 Å². The van der Waals surface area contributed by atoms with Crippen molar-refractivity contribution in [2.45, 2.75) is 25.1 Å². The number of thioether (sulfide) groups is 1. The number of hydrogen-bond acceptors (Lipinski definition) is 6. The number of imide groups is 1. The second-order valence-electron chi connectivity index (χ2n) is 6.65. The Morgan fingerprint density at radius 2 is 2.14 bits per heavy atom. The molecule has 0 spiro atoms. The first-order valence-corrected chi connectivity index (χ1v) is 9.74. The summed E-state index contributed by atoms with van der Waals surface area (Å²) in [5.74, 6) is -0.596. The van der Waals surface area contributed by atoms with Gasteiger partial charge in [-0.1, -0.05) is 0 Å². The van der Waals surface area contributed by atoms with Gasteiger partial charge in [0.15, 0.2) is 0 Å². The maximum absolute atomic E-state index is 13.2. The zero-order valence-electron chi connectivity index (χ0n) is 15.0. The summed E-state index contributed by atoms with van der Waals surface area (Å²) in [5, 5.41) is 4.98. The third-order valence-corrected chi connectivity index (χ3v) is 5.44. The third kappa shape index (κ3) is 4.86. The van der Waals surface area contributed by atoms with Crippen LogP contribution >= 0.6 is 11.8 Å². The molecule has 10 heteroatoms. The van der Waals surface area contributed by atoms with Crippen LogP contribution in [-0.2, 0) is 11.0 Å². The Balaban J connectivity index is 1.87. The highest BCUT2D eigenvalue weighted by atomic mass is 32.2. The molecular formula is C18H21F3N4O2S. The molecule has 0 bridgehead atoms. The van der Waals surface area contributed by atoms with Crippen LogP contribution < -0.4 is 21.3 Å². The summed E-state index contributed by atoms with van der Waals surface area (Å²) in [4.78, 5) is 25.3. The molecule has 6 nitrogen and oxygen atoms in total. The molecule has 2 saturated heterocycles. The molecular weight excluding hydrogens is 393 g/mol. The Morgan fingerprint density at radius 3 is 2.79 bits per heavy atom. The van der Waals surface area contributed by atoms with Gasteiger partial charge in [0.1, 0.15) is 0 Å². The minimum atomic E-state index is -4.50. The van der Waals surface area contributed by atoms with Crippen molar-refractivity contribution in [2.24, 2.45) is 5.73 Å². The van der Waals surface area contributed by atoms with Gasteiger partial charge in [-0.15, -0.1) is 0 Å². The number of carbonyl (C=O) groups excluding carboxylic acids is 2. The van der Waals surface area contributed by atoms with Crippen molar-refractivity contribution >= 4 is 34.7 Å². The maximum Gasteiger partial charge on any atom is 0.416 e. The van der Waals surface area contributed by atoms with Gasteiger partial charge in [0.05, 0.1) is 10.5 Å². The predicted molar refractivity (Wildman–Crippen MR) is 103 cm³/mol. The zero-order chi connectivity index (χ0) is 20.3. The van der Waals surface area contributed by atoms with Crippen LogP contribution in [0.5, 0.6) is 0 Å². The monoisotopic (exact) mass is 414 g/mol. The predicted octanol–water partition coefficient (Wildman–Crippen LogP) is 2.55. The molecule has 1 atom stereocenters. The van der Waals surface area contributed by atoms with E-state index in [1.807, 2.05) is 4.90 Å². The molecule has 28 heavy (non-hydrogen) atoms. The highest BCUT2D eigenvalue weighted by molar-refractivity contribution is 8.18. The van der Waals surface area contributed by atoms with Crippen LogP contribution in [0.25, 0.3) is 6.08 Å². The van der Waals surface area contributed by atoms with Crippen LogP contribution in [0.4, 0.5) is 23.7 Å². The van der Waals surface area contributed by atoms with Crippen LogP contribution in [0.15, 0.2) is 23.1 Å². The van der Waals surface area contributed by atoms with Gasteiger partial charge >= 0.3 is 6.18 Å². The van der Waals surface area contributed by atoms with Gasteiger partial charge in [-0.2, -0.15) is 13.2 Å². The molecule has 4 N–H and O–H groups in total. The van der Waals surface area contributed by atoms with Crippen molar-refractivity contribution in [3.8, 4) is 0 Å².